The maximum Gasteiger partial charge on any atom is 0.254 e. The van der Waals surface area contributed by atoms with Crippen molar-refractivity contribution in [1.82, 2.24) is 4.90 Å². The van der Waals surface area contributed by atoms with Gasteiger partial charge in [0.25, 0.3) is 5.91 Å². The molecule has 1 aromatic rings. The number of hydrogen-bond donors (Lipinski definition) is 0. The van der Waals surface area contributed by atoms with Crippen LogP contribution in [0.2, 0.25) is 0 Å². The molecule has 1 aliphatic rings. The van der Waals surface area contributed by atoms with Crippen molar-refractivity contribution in [3.63, 3.8) is 0 Å². The number of halogens is 2. The Labute approximate surface area is 131 Å². The first-order chi connectivity index (χ1) is 9.08. The minimum absolute atomic E-state index is 0.0961. The van der Waals surface area contributed by atoms with Crippen molar-refractivity contribution in [1.29, 1.82) is 0 Å². The average molecular weight is 389 g/mol. The standard InChI is InChI=1S/C15H19Br2NO/c1-18(10-11-5-3-2-4-6-11)15(19)13-9-12(16)7-8-14(13)17/h7-9,11H,2-6,10H2,1H3. The second-order valence-electron chi connectivity index (χ2n) is 5.31. The van der Waals surface area contributed by atoms with Gasteiger partial charge in [0, 0.05) is 22.5 Å². The molecule has 0 aliphatic heterocycles. The number of amides is 1. The Balaban J connectivity index is 2.03. The molecular weight excluding hydrogens is 370 g/mol. The first-order valence-electron chi connectivity index (χ1n) is 6.78. The summed E-state index contributed by atoms with van der Waals surface area (Å²) in [5.74, 6) is 0.771. The maximum absolute atomic E-state index is 12.5. The zero-order chi connectivity index (χ0) is 13.8. The van der Waals surface area contributed by atoms with Gasteiger partial charge in [0.05, 0.1) is 5.56 Å². The van der Waals surface area contributed by atoms with Crippen LogP contribution in [-0.4, -0.2) is 24.4 Å². The van der Waals surface area contributed by atoms with Gasteiger partial charge in [0.2, 0.25) is 0 Å². The van der Waals surface area contributed by atoms with E-state index in [0.717, 1.165) is 21.1 Å². The minimum Gasteiger partial charge on any atom is -0.341 e. The molecule has 1 fully saturated rings. The lowest BCUT2D eigenvalue weighted by atomic mass is 9.89. The summed E-state index contributed by atoms with van der Waals surface area (Å²) >= 11 is 6.88. The average Bonchev–Trinajstić information content (AvgIpc) is 2.42. The minimum atomic E-state index is 0.0961. The summed E-state index contributed by atoms with van der Waals surface area (Å²) in [6.45, 7) is 0.873. The summed E-state index contributed by atoms with van der Waals surface area (Å²) in [7, 11) is 1.91. The van der Waals surface area contributed by atoms with E-state index in [9.17, 15) is 4.79 Å². The summed E-state index contributed by atoms with van der Waals surface area (Å²) in [5, 5.41) is 0. The van der Waals surface area contributed by atoms with Gasteiger partial charge >= 0.3 is 0 Å². The summed E-state index contributed by atoms with van der Waals surface area (Å²) in [4.78, 5) is 14.3. The summed E-state index contributed by atoms with van der Waals surface area (Å²) in [5.41, 5.74) is 0.729. The van der Waals surface area contributed by atoms with E-state index in [1.165, 1.54) is 32.1 Å². The van der Waals surface area contributed by atoms with Crippen molar-refractivity contribution in [2.75, 3.05) is 13.6 Å². The van der Waals surface area contributed by atoms with Crippen LogP contribution >= 0.6 is 31.9 Å². The molecule has 0 unspecified atom stereocenters. The van der Waals surface area contributed by atoms with E-state index >= 15 is 0 Å². The highest BCUT2D eigenvalue weighted by Gasteiger charge is 2.20. The summed E-state index contributed by atoms with van der Waals surface area (Å²) in [6, 6.07) is 5.72. The molecule has 1 aromatic carbocycles. The molecule has 0 aromatic heterocycles. The lowest BCUT2D eigenvalue weighted by molar-refractivity contribution is 0.0759. The van der Waals surface area contributed by atoms with Gasteiger partial charge in [-0.05, 0) is 52.9 Å². The van der Waals surface area contributed by atoms with Crippen LogP contribution in [0.25, 0.3) is 0 Å². The monoisotopic (exact) mass is 387 g/mol. The van der Waals surface area contributed by atoms with Crippen molar-refractivity contribution in [3.05, 3.63) is 32.7 Å². The van der Waals surface area contributed by atoms with Crippen molar-refractivity contribution in [2.24, 2.45) is 5.92 Å². The highest BCUT2D eigenvalue weighted by atomic mass is 79.9. The molecule has 0 saturated heterocycles. The highest BCUT2D eigenvalue weighted by molar-refractivity contribution is 9.11. The number of hydrogen-bond acceptors (Lipinski definition) is 1. The van der Waals surface area contributed by atoms with E-state index in [-0.39, 0.29) is 5.91 Å². The second kappa shape index (κ2) is 6.89. The van der Waals surface area contributed by atoms with Crippen LogP contribution in [0.15, 0.2) is 27.1 Å². The molecular formula is C15H19Br2NO. The van der Waals surface area contributed by atoms with E-state index in [2.05, 4.69) is 31.9 Å². The molecule has 0 radical (unpaired) electrons. The highest BCUT2D eigenvalue weighted by Crippen LogP contribution is 2.26. The molecule has 1 aliphatic carbocycles. The van der Waals surface area contributed by atoms with Crippen molar-refractivity contribution in [3.8, 4) is 0 Å². The third-order valence-corrected chi connectivity index (χ3v) is 4.95. The van der Waals surface area contributed by atoms with Crippen molar-refractivity contribution in [2.45, 2.75) is 32.1 Å². The normalized spacial score (nSPS) is 16.4. The Hall–Kier alpha value is -0.350. The van der Waals surface area contributed by atoms with Gasteiger partial charge in [-0.25, -0.2) is 0 Å². The molecule has 1 amide bonds. The van der Waals surface area contributed by atoms with Gasteiger partial charge in [-0.3, -0.25) is 4.79 Å². The second-order valence-corrected chi connectivity index (χ2v) is 7.08. The summed E-state index contributed by atoms with van der Waals surface area (Å²) in [6.07, 6.45) is 6.50. The topological polar surface area (TPSA) is 20.3 Å². The lowest BCUT2D eigenvalue weighted by Gasteiger charge is -2.27. The number of rotatable bonds is 3. The molecule has 4 heteroatoms. The van der Waals surface area contributed by atoms with Gasteiger partial charge in [-0.1, -0.05) is 35.2 Å². The third kappa shape index (κ3) is 4.06. The van der Waals surface area contributed by atoms with Gasteiger partial charge in [0.15, 0.2) is 0 Å². The fraction of sp³-hybridized carbons (Fsp3) is 0.533. The summed E-state index contributed by atoms with van der Waals surface area (Å²) < 4.78 is 1.79. The molecule has 104 valence electrons. The van der Waals surface area contributed by atoms with E-state index in [4.69, 9.17) is 0 Å². The fourth-order valence-electron chi connectivity index (χ4n) is 2.71. The van der Waals surface area contributed by atoms with E-state index in [1.54, 1.807) is 0 Å². The van der Waals surface area contributed by atoms with Gasteiger partial charge in [-0.2, -0.15) is 0 Å². The first-order valence-corrected chi connectivity index (χ1v) is 8.37. The number of benzene rings is 1. The quantitative estimate of drug-likeness (QED) is 0.723. The van der Waals surface area contributed by atoms with Gasteiger partial charge < -0.3 is 4.90 Å². The first kappa shape index (κ1) is 15.0. The van der Waals surface area contributed by atoms with Crippen LogP contribution in [0.3, 0.4) is 0 Å². The molecule has 2 nitrogen and oxygen atoms in total. The third-order valence-electron chi connectivity index (χ3n) is 3.76. The van der Waals surface area contributed by atoms with Gasteiger partial charge in [-0.15, -0.1) is 0 Å². The van der Waals surface area contributed by atoms with E-state index in [1.807, 2.05) is 30.1 Å². The van der Waals surface area contributed by atoms with Crippen LogP contribution in [0.1, 0.15) is 42.5 Å². The fourth-order valence-corrected chi connectivity index (χ4v) is 3.48. The lowest BCUT2D eigenvalue weighted by Crippen LogP contribution is -2.32. The Morgan fingerprint density at radius 3 is 2.63 bits per heavy atom. The largest absolute Gasteiger partial charge is 0.341 e. The van der Waals surface area contributed by atoms with Crippen molar-refractivity contribution < 1.29 is 4.79 Å². The Morgan fingerprint density at radius 2 is 1.95 bits per heavy atom. The van der Waals surface area contributed by atoms with E-state index < -0.39 is 0 Å². The molecule has 1 saturated carbocycles. The van der Waals surface area contributed by atoms with Crippen LogP contribution in [-0.2, 0) is 0 Å². The molecule has 0 atom stereocenters. The predicted molar refractivity (Wildman–Crippen MR) is 85.4 cm³/mol. The van der Waals surface area contributed by atoms with Crippen LogP contribution in [0.4, 0.5) is 0 Å². The maximum atomic E-state index is 12.5. The zero-order valence-corrected chi connectivity index (χ0v) is 14.3. The molecule has 0 bridgehead atoms. The molecule has 0 heterocycles. The Kier molecular flexibility index (Phi) is 5.46. The number of carbonyl (C=O) groups excluding carboxylic acids is 1. The molecule has 0 N–H and O–H groups in total. The van der Waals surface area contributed by atoms with Crippen molar-refractivity contribution >= 4 is 37.8 Å². The Morgan fingerprint density at radius 1 is 1.26 bits per heavy atom. The van der Waals surface area contributed by atoms with Crippen LogP contribution in [0, 0.1) is 5.92 Å². The number of carbonyl (C=O) groups is 1. The number of nitrogens with zero attached hydrogens (tertiary/aromatic N) is 1. The Bertz CT molecular complexity index is 455. The van der Waals surface area contributed by atoms with Crippen LogP contribution in [0.5, 0.6) is 0 Å². The zero-order valence-electron chi connectivity index (χ0n) is 11.2. The van der Waals surface area contributed by atoms with Crippen LogP contribution < -0.4 is 0 Å². The SMILES string of the molecule is CN(CC1CCCCC1)C(=O)c1cc(Br)ccc1Br. The van der Waals surface area contributed by atoms with E-state index in [0.29, 0.717) is 5.92 Å². The molecule has 0 spiro atoms. The predicted octanol–water partition coefficient (Wildman–Crippen LogP) is 4.86. The molecule has 19 heavy (non-hydrogen) atoms. The molecule has 2 rings (SSSR count). The van der Waals surface area contributed by atoms with Gasteiger partial charge in [0.1, 0.15) is 0 Å². The smallest absolute Gasteiger partial charge is 0.254 e.